The van der Waals surface area contributed by atoms with Gasteiger partial charge in [0.15, 0.2) is 0 Å². The summed E-state index contributed by atoms with van der Waals surface area (Å²) in [7, 11) is 1.68. The van der Waals surface area contributed by atoms with Gasteiger partial charge in [0.25, 0.3) is 0 Å². The largest absolute Gasteiger partial charge is 0.496 e. The van der Waals surface area contributed by atoms with Crippen LogP contribution in [0.3, 0.4) is 0 Å². The van der Waals surface area contributed by atoms with Crippen LogP contribution in [0.4, 0.5) is 5.69 Å². The van der Waals surface area contributed by atoms with Crippen LogP contribution in [0.25, 0.3) is 0 Å². The van der Waals surface area contributed by atoms with Gasteiger partial charge in [0, 0.05) is 18.1 Å². The van der Waals surface area contributed by atoms with Gasteiger partial charge in [0.2, 0.25) is 0 Å². The SMILES string of the molecule is COc1ccc(NC/C=C/CCl)cc1C. The quantitative estimate of drug-likeness (QED) is 0.614. The zero-order valence-corrected chi connectivity index (χ0v) is 9.84. The monoisotopic (exact) mass is 225 g/mol. The molecule has 1 aromatic rings. The second-order valence-electron chi connectivity index (χ2n) is 3.19. The first kappa shape index (κ1) is 11.9. The van der Waals surface area contributed by atoms with Crippen molar-refractivity contribution in [3.05, 3.63) is 35.9 Å². The Balaban J connectivity index is 2.55. The maximum absolute atomic E-state index is 5.52. The summed E-state index contributed by atoms with van der Waals surface area (Å²) in [5.41, 5.74) is 2.22. The number of ether oxygens (including phenoxy) is 1. The van der Waals surface area contributed by atoms with Crippen LogP contribution in [0.15, 0.2) is 30.4 Å². The van der Waals surface area contributed by atoms with E-state index in [1.54, 1.807) is 7.11 Å². The average molecular weight is 226 g/mol. The van der Waals surface area contributed by atoms with Crippen molar-refractivity contribution < 1.29 is 4.74 Å². The third kappa shape index (κ3) is 3.84. The minimum Gasteiger partial charge on any atom is -0.496 e. The number of allylic oxidation sites excluding steroid dienone is 1. The first-order valence-electron chi connectivity index (χ1n) is 4.87. The summed E-state index contributed by atoms with van der Waals surface area (Å²) in [4.78, 5) is 0. The summed E-state index contributed by atoms with van der Waals surface area (Å²) >= 11 is 5.52. The van der Waals surface area contributed by atoms with Crippen LogP contribution in [-0.4, -0.2) is 19.5 Å². The van der Waals surface area contributed by atoms with Crippen LogP contribution >= 0.6 is 11.6 Å². The first-order valence-corrected chi connectivity index (χ1v) is 5.41. The van der Waals surface area contributed by atoms with Crippen molar-refractivity contribution in [1.29, 1.82) is 0 Å². The number of hydrogen-bond donors (Lipinski definition) is 1. The zero-order valence-electron chi connectivity index (χ0n) is 9.09. The van der Waals surface area contributed by atoms with Crippen molar-refractivity contribution in [2.75, 3.05) is 24.9 Å². The molecule has 82 valence electrons. The Morgan fingerprint density at radius 1 is 1.40 bits per heavy atom. The van der Waals surface area contributed by atoms with Gasteiger partial charge in [0.05, 0.1) is 7.11 Å². The lowest BCUT2D eigenvalue weighted by Gasteiger charge is -2.08. The third-order valence-corrected chi connectivity index (χ3v) is 2.25. The molecule has 0 aliphatic carbocycles. The van der Waals surface area contributed by atoms with Crippen LogP contribution in [-0.2, 0) is 0 Å². The average Bonchev–Trinajstić information content (AvgIpc) is 2.25. The lowest BCUT2D eigenvalue weighted by atomic mass is 10.2. The maximum Gasteiger partial charge on any atom is 0.121 e. The summed E-state index contributed by atoms with van der Waals surface area (Å²) < 4.78 is 5.18. The van der Waals surface area contributed by atoms with Gasteiger partial charge in [-0.15, -0.1) is 11.6 Å². The Hall–Kier alpha value is -1.15. The standard InChI is InChI=1S/C12H16ClNO/c1-10-9-11(5-6-12(10)15-2)14-8-4-3-7-13/h3-6,9,14H,7-8H2,1-2H3/b4-3+. The van der Waals surface area contributed by atoms with Crippen LogP contribution in [0, 0.1) is 6.92 Å². The second-order valence-corrected chi connectivity index (χ2v) is 3.50. The fraction of sp³-hybridized carbons (Fsp3) is 0.333. The van der Waals surface area contributed by atoms with E-state index in [2.05, 4.69) is 11.4 Å². The van der Waals surface area contributed by atoms with Crippen molar-refractivity contribution in [3.63, 3.8) is 0 Å². The molecule has 3 heteroatoms. The summed E-state index contributed by atoms with van der Waals surface area (Å²) in [6, 6.07) is 6.02. The van der Waals surface area contributed by atoms with E-state index in [4.69, 9.17) is 16.3 Å². The van der Waals surface area contributed by atoms with Crippen molar-refractivity contribution in [2.45, 2.75) is 6.92 Å². The second kappa shape index (κ2) is 6.36. The molecule has 0 amide bonds. The minimum atomic E-state index is 0.559. The van der Waals surface area contributed by atoms with Gasteiger partial charge in [0.1, 0.15) is 5.75 Å². The zero-order chi connectivity index (χ0) is 11.1. The summed E-state index contributed by atoms with van der Waals surface area (Å²) in [5, 5.41) is 3.27. The molecule has 15 heavy (non-hydrogen) atoms. The molecule has 0 saturated heterocycles. The van der Waals surface area contributed by atoms with Crippen molar-refractivity contribution in [2.24, 2.45) is 0 Å². The molecule has 0 spiro atoms. The fourth-order valence-electron chi connectivity index (χ4n) is 1.31. The summed E-state index contributed by atoms with van der Waals surface area (Å²) in [6.45, 7) is 2.82. The van der Waals surface area contributed by atoms with E-state index >= 15 is 0 Å². The Bertz CT molecular complexity index is 336. The molecule has 0 aliphatic rings. The van der Waals surface area contributed by atoms with Crippen LogP contribution in [0.1, 0.15) is 5.56 Å². The Morgan fingerprint density at radius 3 is 2.80 bits per heavy atom. The highest BCUT2D eigenvalue weighted by molar-refractivity contribution is 6.18. The van der Waals surface area contributed by atoms with Crippen molar-refractivity contribution >= 4 is 17.3 Å². The molecule has 0 unspecified atom stereocenters. The molecule has 0 atom stereocenters. The van der Waals surface area contributed by atoms with E-state index < -0.39 is 0 Å². The summed E-state index contributed by atoms with van der Waals surface area (Å²) in [5.74, 6) is 1.47. The van der Waals surface area contributed by atoms with Gasteiger partial charge in [-0.25, -0.2) is 0 Å². The molecule has 0 heterocycles. The molecule has 0 fully saturated rings. The molecule has 0 bridgehead atoms. The molecule has 0 radical (unpaired) electrons. The smallest absolute Gasteiger partial charge is 0.121 e. The van der Waals surface area contributed by atoms with Gasteiger partial charge in [-0.05, 0) is 30.7 Å². The maximum atomic E-state index is 5.52. The fourth-order valence-corrected chi connectivity index (χ4v) is 1.44. The third-order valence-electron chi connectivity index (χ3n) is 2.07. The molecule has 2 nitrogen and oxygen atoms in total. The Kier molecular flexibility index (Phi) is 5.05. The van der Waals surface area contributed by atoms with Gasteiger partial charge >= 0.3 is 0 Å². The lowest BCUT2D eigenvalue weighted by molar-refractivity contribution is 0.412. The molecule has 1 rings (SSSR count). The van der Waals surface area contributed by atoms with Crippen molar-refractivity contribution in [3.8, 4) is 5.75 Å². The van der Waals surface area contributed by atoms with Crippen molar-refractivity contribution in [1.82, 2.24) is 0 Å². The van der Waals surface area contributed by atoms with E-state index in [0.29, 0.717) is 5.88 Å². The molecule has 0 aliphatic heterocycles. The number of halogens is 1. The molecule has 1 aromatic carbocycles. The highest BCUT2D eigenvalue weighted by atomic mass is 35.5. The molecule has 0 saturated carbocycles. The number of alkyl halides is 1. The minimum absolute atomic E-state index is 0.559. The predicted molar refractivity (Wildman–Crippen MR) is 66.1 cm³/mol. The topological polar surface area (TPSA) is 21.3 Å². The van der Waals surface area contributed by atoms with Crippen LogP contribution < -0.4 is 10.1 Å². The van der Waals surface area contributed by atoms with Gasteiger partial charge in [-0.2, -0.15) is 0 Å². The van der Waals surface area contributed by atoms with E-state index in [1.165, 1.54) is 0 Å². The number of benzene rings is 1. The predicted octanol–water partition coefficient (Wildman–Crippen LogP) is 3.21. The van der Waals surface area contributed by atoms with Gasteiger partial charge in [-0.1, -0.05) is 12.2 Å². The summed E-state index contributed by atoms with van der Waals surface area (Å²) in [6.07, 6.45) is 3.93. The number of nitrogens with one attached hydrogen (secondary N) is 1. The number of anilines is 1. The van der Waals surface area contributed by atoms with E-state index in [0.717, 1.165) is 23.5 Å². The van der Waals surface area contributed by atoms with E-state index in [1.807, 2.05) is 31.2 Å². The van der Waals surface area contributed by atoms with Crippen LogP contribution in [0.5, 0.6) is 5.75 Å². The molecular formula is C12H16ClNO. The number of aryl methyl sites for hydroxylation is 1. The number of hydrogen-bond acceptors (Lipinski definition) is 2. The van der Waals surface area contributed by atoms with E-state index in [9.17, 15) is 0 Å². The molecular weight excluding hydrogens is 210 g/mol. The van der Waals surface area contributed by atoms with Gasteiger partial charge in [-0.3, -0.25) is 0 Å². The molecule has 0 aromatic heterocycles. The van der Waals surface area contributed by atoms with Crippen LogP contribution in [0.2, 0.25) is 0 Å². The normalized spacial score (nSPS) is 10.6. The van der Waals surface area contributed by atoms with Gasteiger partial charge < -0.3 is 10.1 Å². The Morgan fingerprint density at radius 2 is 2.20 bits per heavy atom. The number of rotatable bonds is 5. The van der Waals surface area contributed by atoms with E-state index in [-0.39, 0.29) is 0 Å². The highest BCUT2D eigenvalue weighted by Crippen LogP contribution is 2.21. The molecule has 1 N–H and O–H groups in total. The first-order chi connectivity index (χ1) is 7.27. The Labute approximate surface area is 95.9 Å². The highest BCUT2D eigenvalue weighted by Gasteiger charge is 1.98. The number of methoxy groups -OCH3 is 1. The lowest BCUT2D eigenvalue weighted by Crippen LogP contribution is -1.98.